The van der Waals surface area contributed by atoms with Gasteiger partial charge >= 0.3 is 5.88 Å². The maximum absolute atomic E-state index is 10.6. The fourth-order valence-corrected chi connectivity index (χ4v) is 2.00. The van der Waals surface area contributed by atoms with Crippen LogP contribution in [-0.2, 0) is 0 Å². The Morgan fingerprint density at radius 2 is 1.90 bits per heavy atom. The molecule has 0 spiro atoms. The van der Waals surface area contributed by atoms with Crippen LogP contribution in [0.2, 0.25) is 0 Å². The predicted molar refractivity (Wildman–Crippen MR) is 72.6 cm³/mol. The van der Waals surface area contributed by atoms with E-state index in [1.54, 1.807) is 18.2 Å². The van der Waals surface area contributed by atoms with E-state index in [0.717, 1.165) is 0 Å². The van der Waals surface area contributed by atoms with Crippen molar-refractivity contribution in [2.75, 3.05) is 14.2 Å². The molecule has 0 radical (unpaired) electrons. The molecule has 106 valence electrons. The molecule has 1 aromatic carbocycles. The molecule has 0 N–H and O–H groups in total. The average molecular weight is 298 g/mol. The number of benzene rings is 1. The fourth-order valence-electron chi connectivity index (χ4n) is 1.75. The summed E-state index contributed by atoms with van der Waals surface area (Å²) in [6.07, 6.45) is 0. The minimum Gasteiger partial charge on any atom is -0.493 e. The molecule has 20 heavy (non-hydrogen) atoms. The van der Waals surface area contributed by atoms with Crippen molar-refractivity contribution in [3.63, 3.8) is 0 Å². The Morgan fingerprint density at radius 3 is 2.45 bits per heavy atom. The molecule has 0 bridgehead atoms. The van der Waals surface area contributed by atoms with E-state index >= 15 is 0 Å². The van der Waals surface area contributed by atoms with Crippen LogP contribution in [0.5, 0.6) is 11.5 Å². The van der Waals surface area contributed by atoms with E-state index in [-0.39, 0.29) is 5.88 Å². The minimum atomic E-state index is -0.650. The molecule has 0 fully saturated rings. The number of rotatable bonds is 5. The lowest BCUT2D eigenvalue weighted by Crippen LogP contribution is -1.95. The average Bonchev–Trinajstić information content (AvgIpc) is 2.95. The first kappa shape index (κ1) is 14.2. The normalized spacial score (nSPS) is 11.9. The molecule has 0 saturated heterocycles. The zero-order chi connectivity index (χ0) is 14.7. The summed E-state index contributed by atoms with van der Waals surface area (Å²) in [5, 5.41) is 9.94. The lowest BCUT2D eigenvalue weighted by atomic mass is 10.1. The Bertz CT molecular complexity index is 625. The number of halogens is 1. The third-order valence-electron chi connectivity index (χ3n) is 2.74. The minimum absolute atomic E-state index is 0.297. The summed E-state index contributed by atoms with van der Waals surface area (Å²) in [4.78, 5) is 9.98. The van der Waals surface area contributed by atoms with Gasteiger partial charge in [0.15, 0.2) is 11.5 Å². The number of furan rings is 1. The Balaban J connectivity index is 2.32. The first-order valence-electron chi connectivity index (χ1n) is 5.67. The summed E-state index contributed by atoms with van der Waals surface area (Å²) in [7, 11) is 3.05. The van der Waals surface area contributed by atoms with Gasteiger partial charge in [-0.25, -0.2) is 0 Å². The summed E-state index contributed by atoms with van der Waals surface area (Å²) < 4.78 is 15.4. The largest absolute Gasteiger partial charge is 0.493 e. The van der Waals surface area contributed by atoms with E-state index in [4.69, 9.17) is 25.5 Å². The number of hydrogen-bond donors (Lipinski definition) is 0. The first-order valence-corrected chi connectivity index (χ1v) is 6.10. The maximum atomic E-state index is 10.6. The van der Waals surface area contributed by atoms with Crippen LogP contribution < -0.4 is 9.47 Å². The van der Waals surface area contributed by atoms with Crippen LogP contribution in [-0.4, -0.2) is 19.1 Å². The third kappa shape index (κ3) is 2.70. The molecule has 0 aliphatic carbocycles. The van der Waals surface area contributed by atoms with Crippen LogP contribution in [0, 0.1) is 10.1 Å². The smallest absolute Gasteiger partial charge is 0.433 e. The number of nitro groups is 1. The van der Waals surface area contributed by atoms with Crippen LogP contribution in [0.3, 0.4) is 0 Å². The summed E-state index contributed by atoms with van der Waals surface area (Å²) in [6.45, 7) is 0. The van der Waals surface area contributed by atoms with Gasteiger partial charge < -0.3 is 13.9 Å². The Hall–Kier alpha value is -2.21. The van der Waals surface area contributed by atoms with Gasteiger partial charge in [0.1, 0.15) is 16.1 Å². The predicted octanol–water partition coefficient (Wildman–Crippen LogP) is 3.53. The monoisotopic (exact) mass is 297 g/mol. The number of hydrogen-bond acceptors (Lipinski definition) is 5. The van der Waals surface area contributed by atoms with Gasteiger partial charge in [-0.1, -0.05) is 6.07 Å². The van der Waals surface area contributed by atoms with Crippen LogP contribution >= 0.6 is 11.6 Å². The highest BCUT2D eigenvalue weighted by Crippen LogP contribution is 2.36. The topological polar surface area (TPSA) is 74.7 Å². The molecule has 1 aromatic heterocycles. The molecule has 1 unspecified atom stereocenters. The lowest BCUT2D eigenvalue weighted by molar-refractivity contribution is -0.402. The van der Waals surface area contributed by atoms with Crippen LogP contribution in [0.25, 0.3) is 0 Å². The van der Waals surface area contributed by atoms with E-state index in [2.05, 4.69) is 0 Å². The molecule has 0 saturated carbocycles. The SMILES string of the molecule is COc1ccc(C(Cl)c2ccc([N+](=O)[O-])o2)cc1OC. The Kier molecular flexibility index (Phi) is 4.14. The lowest BCUT2D eigenvalue weighted by Gasteiger charge is -2.11. The van der Waals surface area contributed by atoms with Crippen LogP contribution in [0.4, 0.5) is 5.88 Å². The Labute approximate surface area is 120 Å². The van der Waals surface area contributed by atoms with Crippen molar-refractivity contribution in [2.45, 2.75) is 5.38 Å². The Morgan fingerprint density at radius 1 is 1.20 bits per heavy atom. The van der Waals surface area contributed by atoms with Gasteiger partial charge in [0.25, 0.3) is 0 Å². The summed E-state index contributed by atoms with van der Waals surface area (Å²) in [5.41, 5.74) is 0.688. The standard InChI is InChI=1S/C13H12ClNO5/c1-18-9-4-3-8(7-11(9)19-2)13(14)10-5-6-12(20-10)15(16)17/h3-7,13H,1-2H3. The molecular formula is C13H12ClNO5. The summed E-state index contributed by atoms with van der Waals surface area (Å²) in [6, 6.07) is 7.90. The molecular weight excluding hydrogens is 286 g/mol. The van der Waals surface area contributed by atoms with Crippen molar-refractivity contribution < 1.29 is 18.8 Å². The van der Waals surface area contributed by atoms with E-state index in [1.807, 2.05) is 0 Å². The molecule has 1 atom stereocenters. The number of ether oxygens (including phenoxy) is 2. The molecule has 0 aliphatic rings. The van der Waals surface area contributed by atoms with E-state index in [0.29, 0.717) is 22.8 Å². The number of alkyl halides is 1. The number of methoxy groups -OCH3 is 2. The highest BCUT2D eigenvalue weighted by atomic mass is 35.5. The summed E-state index contributed by atoms with van der Waals surface area (Å²) in [5.74, 6) is 1.05. The second-order valence-corrected chi connectivity index (χ2v) is 4.35. The van der Waals surface area contributed by atoms with E-state index in [9.17, 15) is 10.1 Å². The van der Waals surface area contributed by atoms with Gasteiger partial charge in [0.05, 0.1) is 20.3 Å². The highest BCUT2D eigenvalue weighted by Gasteiger charge is 2.20. The second kappa shape index (κ2) is 5.83. The van der Waals surface area contributed by atoms with Crippen molar-refractivity contribution in [3.05, 3.63) is 51.8 Å². The quantitative estimate of drug-likeness (QED) is 0.479. The summed E-state index contributed by atoms with van der Waals surface area (Å²) >= 11 is 6.26. The zero-order valence-corrected chi connectivity index (χ0v) is 11.6. The first-order chi connectivity index (χ1) is 9.56. The van der Waals surface area contributed by atoms with Crippen molar-refractivity contribution in [1.29, 1.82) is 0 Å². The fraction of sp³-hybridized carbons (Fsp3) is 0.231. The van der Waals surface area contributed by atoms with Crippen LogP contribution in [0.15, 0.2) is 34.7 Å². The molecule has 7 heteroatoms. The van der Waals surface area contributed by atoms with Gasteiger partial charge in [-0.2, -0.15) is 0 Å². The number of nitrogens with zero attached hydrogens (tertiary/aromatic N) is 1. The van der Waals surface area contributed by atoms with Crippen molar-refractivity contribution in [1.82, 2.24) is 0 Å². The molecule has 0 amide bonds. The second-order valence-electron chi connectivity index (χ2n) is 3.91. The molecule has 6 nitrogen and oxygen atoms in total. The van der Waals surface area contributed by atoms with Crippen molar-refractivity contribution >= 4 is 17.5 Å². The maximum Gasteiger partial charge on any atom is 0.433 e. The highest BCUT2D eigenvalue weighted by molar-refractivity contribution is 6.22. The third-order valence-corrected chi connectivity index (χ3v) is 3.21. The van der Waals surface area contributed by atoms with Crippen LogP contribution in [0.1, 0.15) is 16.7 Å². The molecule has 2 rings (SSSR count). The molecule has 0 aliphatic heterocycles. The van der Waals surface area contributed by atoms with Gasteiger partial charge in [-0.3, -0.25) is 10.1 Å². The van der Waals surface area contributed by atoms with E-state index in [1.165, 1.54) is 26.4 Å². The zero-order valence-electron chi connectivity index (χ0n) is 10.8. The van der Waals surface area contributed by atoms with Gasteiger partial charge in [-0.15, -0.1) is 11.6 Å². The van der Waals surface area contributed by atoms with Gasteiger partial charge in [0, 0.05) is 0 Å². The van der Waals surface area contributed by atoms with Gasteiger partial charge in [0.2, 0.25) is 0 Å². The van der Waals surface area contributed by atoms with Crippen molar-refractivity contribution in [3.8, 4) is 11.5 Å². The van der Waals surface area contributed by atoms with E-state index < -0.39 is 10.3 Å². The molecule has 1 heterocycles. The molecule has 2 aromatic rings. The van der Waals surface area contributed by atoms with Crippen molar-refractivity contribution in [2.24, 2.45) is 0 Å². The van der Waals surface area contributed by atoms with Gasteiger partial charge in [-0.05, 0) is 23.8 Å².